The minimum atomic E-state index is -1.14. The number of benzene rings is 1. The molecule has 1 unspecified atom stereocenters. The van der Waals surface area contributed by atoms with Gasteiger partial charge in [-0.15, -0.1) is 0 Å². The summed E-state index contributed by atoms with van der Waals surface area (Å²) in [6, 6.07) is 6.59. The third-order valence-electron chi connectivity index (χ3n) is 4.64. The zero-order valence-electron chi connectivity index (χ0n) is 14.5. The Hall–Kier alpha value is -2.37. The van der Waals surface area contributed by atoms with Gasteiger partial charge in [-0.3, -0.25) is 9.59 Å². The standard InChI is InChI=1S/C19H26N2O4/c1-13(20-16(22)12-14-8-4-2-5-9-14)18(23)21-17(19(24)25)15-10-6-3-7-11-15/h3,6-7,10-11,13-14,17H,2,4-5,8-9,12H2,1H3,(H,20,22)(H,21,23)(H,24,25)/t13?,17-/m0/s1. The Morgan fingerprint density at radius 2 is 1.72 bits per heavy atom. The normalized spacial score (nSPS) is 17.3. The summed E-state index contributed by atoms with van der Waals surface area (Å²) in [6.45, 7) is 1.57. The monoisotopic (exact) mass is 346 g/mol. The van der Waals surface area contributed by atoms with Crippen molar-refractivity contribution in [2.75, 3.05) is 0 Å². The molecule has 0 radical (unpaired) electrons. The van der Waals surface area contributed by atoms with Crippen LogP contribution in [0.1, 0.15) is 57.1 Å². The van der Waals surface area contributed by atoms with Gasteiger partial charge in [0.25, 0.3) is 0 Å². The van der Waals surface area contributed by atoms with Gasteiger partial charge in [0.1, 0.15) is 6.04 Å². The van der Waals surface area contributed by atoms with Gasteiger partial charge in [-0.1, -0.05) is 49.6 Å². The first kappa shape index (κ1) is 19.0. The van der Waals surface area contributed by atoms with Crippen molar-refractivity contribution in [2.45, 2.75) is 57.5 Å². The molecule has 25 heavy (non-hydrogen) atoms. The molecule has 1 fully saturated rings. The SMILES string of the molecule is CC(NC(=O)CC1CCCCC1)C(=O)N[C@H](C(=O)O)c1ccccc1. The van der Waals surface area contributed by atoms with Gasteiger partial charge in [0.2, 0.25) is 11.8 Å². The number of aliphatic carboxylic acids is 1. The number of hydrogen-bond acceptors (Lipinski definition) is 3. The molecule has 0 heterocycles. The fourth-order valence-electron chi connectivity index (χ4n) is 3.22. The maximum atomic E-state index is 12.3. The van der Waals surface area contributed by atoms with Gasteiger partial charge in [0.15, 0.2) is 6.04 Å². The highest BCUT2D eigenvalue weighted by molar-refractivity contribution is 5.90. The molecular formula is C19H26N2O4. The summed E-state index contributed by atoms with van der Waals surface area (Å²) in [6.07, 6.45) is 6.09. The second-order valence-corrected chi connectivity index (χ2v) is 6.69. The van der Waals surface area contributed by atoms with Gasteiger partial charge in [-0.2, -0.15) is 0 Å². The smallest absolute Gasteiger partial charge is 0.330 e. The Bertz CT molecular complexity index is 597. The van der Waals surface area contributed by atoms with Crippen molar-refractivity contribution >= 4 is 17.8 Å². The van der Waals surface area contributed by atoms with Crippen molar-refractivity contribution in [1.82, 2.24) is 10.6 Å². The summed E-state index contributed by atoms with van der Waals surface area (Å²) in [4.78, 5) is 35.8. The number of rotatable bonds is 7. The lowest BCUT2D eigenvalue weighted by atomic mass is 9.87. The lowest BCUT2D eigenvalue weighted by Gasteiger charge is -2.22. The van der Waals surface area contributed by atoms with Crippen LogP contribution in [0.3, 0.4) is 0 Å². The summed E-state index contributed by atoms with van der Waals surface area (Å²) in [5, 5.41) is 14.5. The van der Waals surface area contributed by atoms with E-state index in [1.165, 1.54) is 6.42 Å². The lowest BCUT2D eigenvalue weighted by Crippen LogP contribution is -2.47. The number of carbonyl (C=O) groups is 3. The van der Waals surface area contributed by atoms with Crippen molar-refractivity contribution in [2.24, 2.45) is 5.92 Å². The fraction of sp³-hybridized carbons (Fsp3) is 0.526. The van der Waals surface area contributed by atoms with E-state index in [2.05, 4.69) is 10.6 Å². The van der Waals surface area contributed by atoms with Crippen molar-refractivity contribution in [3.05, 3.63) is 35.9 Å². The van der Waals surface area contributed by atoms with E-state index in [9.17, 15) is 19.5 Å². The van der Waals surface area contributed by atoms with Crippen LogP contribution in [0.5, 0.6) is 0 Å². The Labute approximate surface area is 148 Å². The Morgan fingerprint density at radius 3 is 2.32 bits per heavy atom. The number of nitrogens with one attached hydrogen (secondary N) is 2. The topological polar surface area (TPSA) is 95.5 Å². The number of hydrogen-bond donors (Lipinski definition) is 3. The maximum absolute atomic E-state index is 12.3. The first-order chi connectivity index (χ1) is 12.0. The second-order valence-electron chi connectivity index (χ2n) is 6.69. The molecule has 1 aliphatic rings. The Balaban J connectivity index is 1.87. The van der Waals surface area contributed by atoms with Crippen LogP contribution < -0.4 is 10.6 Å². The molecule has 3 N–H and O–H groups in total. The maximum Gasteiger partial charge on any atom is 0.330 e. The number of amides is 2. The van der Waals surface area contributed by atoms with E-state index in [0.717, 1.165) is 25.7 Å². The van der Waals surface area contributed by atoms with Crippen molar-refractivity contribution in [3.63, 3.8) is 0 Å². The predicted molar refractivity (Wildman–Crippen MR) is 93.8 cm³/mol. The van der Waals surface area contributed by atoms with Crippen molar-refractivity contribution in [3.8, 4) is 0 Å². The second kappa shape index (κ2) is 9.20. The molecule has 2 atom stereocenters. The van der Waals surface area contributed by atoms with E-state index in [-0.39, 0.29) is 5.91 Å². The largest absolute Gasteiger partial charge is 0.479 e. The zero-order valence-corrected chi connectivity index (χ0v) is 14.5. The van der Waals surface area contributed by atoms with Crippen LogP contribution in [0, 0.1) is 5.92 Å². The summed E-state index contributed by atoms with van der Waals surface area (Å²) in [5.41, 5.74) is 0.490. The fourth-order valence-corrected chi connectivity index (χ4v) is 3.22. The van der Waals surface area contributed by atoms with E-state index >= 15 is 0 Å². The average Bonchev–Trinajstić information content (AvgIpc) is 2.60. The first-order valence-electron chi connectivity index (χ1n) is 8.85. The molecule has 0 saturated heterocycles. The number of carbonyl (C=O) groups excluding carboxylic acids is 2. The predicted octanol–water partition coefficient (Wildman–Crippen LogP) is 2.40. The number of carboxylic acid groups (broad SMARTS) is 1. The minimum absolute atomic E-state index is 0.152. The zero-order chi connectivity index (χ0) is 18.2. The molecule has 2 rings (SSSR count). The molecular weight excluding hydrogens is 320 g/mol. The van der Waals surface area contributed by atoms with Crippen LogP contribution in [0.4, 0.5) is 0 Å². The minimum Gasteiger partial charge on any atom is -0.479 e. The molecule has 136 valence electrons. The molecule has 6 heteroatoms. The lowest BCUT2D eigenvalue weighted by molar-refractivity contribution is -0.142. The van der Waals surface area contributed by atoms with Gasteiger partial charge >= 0.3 is 5.97 Å². The first-order valence-corrected chi connectivity index (χ1v) is 8.85. The third kappa shape index (κ3) is 5.89. The molecule has 0 bridgehead atoms. The third-order valence-corrected chi connectivity index (χ3v) is 4.64. The Morgan fingerprint density at radius 1 is 1.08 bits per heavy atom. The van der Waals surface area contributed by atoms with E-state index in [0.29, 0.717) is 17.9 Å². The molecule has 0 aromatic heterocycles. The van der Waals surface area contributed by atoms with E-state index in [4.69, 9.17) is 0 Å². The highest BCUT2D eigenvalue weighted by Crippen LogP contribution is 2.26. The molecule has 1 saturated carbocycles. The molecule has 1 aliphatic carbocycles. The van der Waals surface area contributed by atoms with E-state index in [1.54, 1.807) is 37.3 Å². The summed E-state index contributed by atoms with van der Waals surface area (Å²) < 4.78 is 0. The van der Waals surface area contributed by atoms with Crippen LogP contribution in [0.25, 0.3) is 0 Å². The summed E-state index contributed by atoms with van der Waals surface area (Å²) in [7, 11) is 0. The summed E-state index contributed by atoms with van der Waals surface area (Å²) in [5.74, 6) is -1.41. The molecule has 6 nitrogen and oxygen atoms in total. The molecule has 1 aromatic carbocycles. The molecule has 2 amide bonds. The van der Waals surface area contributed by atoms with Crippen LogP contribution >= 0.6 is 0 Å². The van der Waals surface area contributed by atoms with Crippen LogP contribution in [-0.2, 0) is 14.4 Å². The molecule has 0 spiro atoms. The van der Waals surface area contributed by atoms with E-state index in [1.807, 2.05) is 0 Å². The average molecular weight is 346 g/mol. The van der Waals surface area contributed by atoms with E-state index < -0.39 is 24.0 Å². The highest BCUT2D eigenvalue weighted by atomic mass is 16.4. The summed E-state index contributed by atoms with van der Waals surface area (Å²) >= 11 is 0. The van der Waals surface area contributed by atoms with Crippen molar-refractivity contribution < 1.29 is 19.5 Å². The van der Waals surface area contributed by atoms with Crippen LogP contribution in [0.2, 0.25) is 0 Å². The van der Waals surface area contributed by atoms with Crippen molar-refractivity contribution in [1.29, 1.82) is 0 Å². The van der Waals surface area contributed by atoms with Gasteiger partial charge in [-0.25, -0.2) is 4.79 Å². The van der Waals surface area contributed by atoms with Gasteiger partial charge in [0.05, 0.1) is 0 Å². The molecule has 1 aromatic rings. The van der Waals surface area contributed by atoms with Gasteiger partial charge in [-0.05, 0) is 31.2 Å². The quantitative estimate of drug-likeness (QED) is 0.706. The van der Waals surface area contributed by atoms with Gasteiger partial charge in [0, 0.05) is 6.42 Å². The molecule has 0 aliphatic heterocycles. The number of carboxylic acids is 1. The van der Waals surface area contributed by atoms with Gasteiger partial charge < -0.3 is 15.7 Å². The highest BCUT2D eigenvalue weighted by Gasteiger charge is 2.26. The van der Waals surface area contributed by atoms with Crippen LogP contribution in [-0.4, -0.2) is 28.9 Å². The Kier molecular flexibility index (Phi) is 6.98. The van der Waals surface area contributed by atoms with Crippen LogP contribution in [0.15, 0.2) is 30.3 Å².